The third-order valence-electron chi connectivity index (χ3n) is 4.20. The number of aromatic amines is 1. The normalized spacial score (nSPS) is 23.6. The second-order valence-corrected chi connectivity index (χ2v) is 8.21. The molecule has 4 atom stereocenters. The summed E-state index contributed by atoms with van der Waals surface area (Å²) < 4.78 is 40.7. The summed E-state index contributed by atoms with van der Waals surface area (Å²) in [4.78, 5) is 25.4. The number of nitrogens with zero attached hydrogens (tertiary/aromatic N) is 2. The molecule has 0 amide bonds. The lowest BCUT2D eigenvalue weighted by atomic mass is 10.1. The van der Waals surface area contributed by atoms with Crippen molar-refractivity contribution in [2.24, 2.45) is 5.92 Å². The molecule has 29 heavy (non-hydrogen) atoms. The fraction of sp³-hybridized carbons (Fsp3) is 0.706. The number of aromatic nitrogens is 2. The van der Waals surface area contributed by atoms with Gasteiger partial charge in [-0.05, 0) is 12.8 Å². The lowest BCUT2D eigenvalue weighted by Gasteiger charge is -2.20. The van der Waals surface area contributed by atoms with Crippen LogP contribution < -0.4 is 11.2 Å². The Morgan fingerprint density at radius 3 is 2.76 bits per heavy atom. The Balaban J connectivity index is 1.95. The predicted molar refractivity (Wildman–Crippen MR) is 101 cm³/mol. The van der Waals surface area contributed by atoms with Gasteiger partial charge >= 0.3 is 13.5 Å². The van der Waals surface area contributed by atoms with Gasteiger partial charge in [0.25, 0.3) is 5.56 Å². The number of nitriles is 1. The highest BCUT2D eigenvalue weighted by atomic mass is 31.2. The van der Waals surface area contributed by atoms with Gasteiger partial charge in [-0.2, -0.15) is 5.26 Å². The molecule has 1 unspecified atom stereocenters. The number of hydrogen-bond donors (Lipinski definition) is 1. The summed E-state index contributed by atoms with van der Waals surface area (Å²) in [6, 6.07) is 3.14. The Labute approximate surface area is 168 Å². The maximum Gasteiger partial charge on any atom is 0.474 e. The monoisotopic (exact) mass is 431 g/mol. The van der Waals surface area contributed by atoms with E-state index >= 15 is 0 Å². The summed E-state index contributed by atoms with van der Waals surface area (Å²) in [5.41, 5.74) is -1.05. The molecule has 1 aromatic heterocycles. The number of ether oxygens (including phenoxy) is 2. The van der Waals surface area contributed by atoms with Gasteiger partial charge in [-0.25, -0.2) is 9.36 Å². The summed E-state index contributed by atoms with van der Waals surface area (Å²) in [5.74, 6) is -0.0475. The first-order valence-corrected chi connectivity index (χ1v) is 10.7. The minimum atomic E-state index is -3.87. The molecule has 1 saturated heterocycles. The average Bonchev–Trinajstić information content (AvgIpc) is 3.05. The average molecular weight is 431 g/mol. The van der Waals surface area contributed by atoms with Crippen molar-refractivity contribution in [2.45, 2.75) is 38.5 Å². The molecule has 1 aliphatic heterocycles. The maximum absolute atomic E-state index is 12.8. The van der Waals surface area contributed by atoms with Crippen molar-refractivity contribution in [3.8, 4) is 6.07 Å². The Morgan fingerprint density at radius 1 is 1.31 bits per heavy atom. The molecule has 0 aromatic carbocycles. The molecule has 0 bridgehead atoms. The number of nitrogens with one attached hydrogen (secondary N) is 1. The number of phosphoric acid groups is 1. The van der Waals surface area contributed by atoms with Crippen LogP contribution in [0.2, 0.25) is 0 Å². The first kappa shape index (κ1) is 23.5. The smallest absolute Gasteiger partial charge is 0.385 e. The zero-order chi connectivity index (χ0) is 21.3. The van der Waals surface area contributed by atoms with Gasteiger partial charge in [-0.1, -0.05) is 6.92 Å². The van der Waals surface area contributed by atoms with Crippen molar-refractivity contribution in [1.82, 2.24) is 9.55 Å². The van der Waals surface area contributed by atoms with Gasteiger partial charge < -0.3 is 9.47 Å². The molecule has 0 saturated carbocycles. The van der Waals surface area contributed by atoms with Gasteiger partial charge in [-0.3, -0.25) is 27.9 Å². The summed E-state index contributed by atoms with van der Waals surface area (Å²) in [6.07, 6.45) is 1.42. The fourth-order valence-electron chi connectivity index (χ4n) is 2.86. The zero-order valence-electron chi connectivity index (χ0n) is 16.4. The van der Waals surface area contributed by atoms with E-state index in [2.05, 4.69) is 4.98 Å². The van der Waals surface area contributed by atoms with E-state index in [0.717, 1.165) is 0 Å². The van der Waals surface area contributed by atoms with Crippen LogP contribution in [-0.4, -0.2) is 49.2 Å². The van der Waals surface area contributed by atoms with Crippen LogP contribution in [0.25, 0.3) is 0 Å². The molecule has 11 nitrogen and oxygen atoms in total. The largest absolute Gasteiger partial charge is 0.474 e. The molecule has 1 aliphatic rings. The third kappa shape index (κ3) is 7.19. The third-order valence-corrected chi connectivity index (χ3v) is 5.67. The van der Waals surface area contributed by atoms with E-state index < -0.39 is 31.4 Å². The van der Waals surface area contributed by atoms with Crippen LogP contribution in [-0.2, 0) is 27.6 Å². The highest BCUT2D eigenvalue weighted by Crippen LogP contribution is 2.50. The molecule has 1 aromatic rings. The molecule has 0 radical (unpaired) electrons. The van der Waals surface area contributed by atoms with E-state index in [-0.39, 0.29) is 32.2 Å². The summed E-state index contributed by atoms with van der Waals surface area (Å²) in [7, 11) is -2.33. The number of H-pyrrole nitrogens is 1. The molecule has 2 rings (SSSR count). The highest BCUT2D eigenvalue weighted by molar-refractivity contribution is 7.48. The summed E-state index contributed by atoms with van der Waals surface area (Å²) in [6.45, 7) is 2.26. The standard InChI is InChI=1S/C17H26N3O8P/c1-13-11-14(28-16(13)20-7-5-15(21)19-17(20)22)12-27-29(23,25-9-3-6-18)26-10-4-8-24-2/h5,7,13-14,16H,3-4,8-12H2,1-2H3,(H,19,21,22)/t13-,14-,16+,29?/m0/s1. The Morgan fingerprint density at radius 2 is 2.07 bits per heavy atom. The zero-order valence-corrected chi connectivity index (χ0v) is 17.3. The van der Waals surface area contributed by atoms with Crippen LogP contribution in [0.4, 0.5) is 0 Å². The number of methoxy groups -OCH3 is 1. The van der Waals surface area contributed by atoms with E-state index in [9.17, 15) is 14.2 Å². The lowest BCUT2D eigenvalue weighted by Crippen LogP contribution is -2.33. The SMILES string of the molecule is COCCCOP(=O)(OCCC#N)OC[C@@H]1C[C@H](C)[C@H](n2ccc(=O)[nH]c2=O)O1. The fourth-order valence-corrected chi connectivity index (χ4v) is 4.10. The molecule has 12 heteroatoms. The van der Waals surface area contributed by atoms with Crippen molar-refractivity contribution in [1.29, 1.82) is 5.26 Å². The first-order valence-electron chi connectivity index (χ1n) is 9.25. The number of phosphoric ester groups is 1. The van der Waals surface area contributed by atoms with Crippen LogP contribution in [0.5, 0.6) is 0 Å². The Bertz CT molecular complexity index is 848. The van der Waals surface area contributed by atoms with Crippen molar-refractivity contribution in [3.05, 3.63) is 33.1 Å². The molecule has 1 fully saturated rings. The predicted octanol–water partition coefficient (Wildman–Crippen LogP) is 1.57. The highest BCUT2D eigenvalue weighted by Gasteiger charge is 2.36. The van der Waals surface area contributed by atoms with E-state index in [1.54, 1.807) is 7.11 Å². The summed E-state index contributed by atoms with van der Waals surface area (Å²) >= 11 is 0. The van der Waals surface area contributed by atoms with Gasteiger partial charge in [0.1, 0.15) is 6.23 Å². The second kappa shape index (κ2) is 11.4. The molecule has 1 N–H and O–H groups in total. The number of hydrogen-bond acceptors (Lipinski definition) is 9. The molecule has 2 heterocycles. The molecular weight excluding hydrogens is 405 g/mol. The van der Waals surface area contributed by atoms with Gasteiger partial charge in [0.15, 0.2) is 0 Å². The van der Waals surface area contributed by atoms with Crippen LogP contribution in [0.3, 0.4) is 0 Å². The van der Waals surface area contributed by atoms with Gasteiger partial charge in [-0.15, -0.1) is 0 Å². The summed E-state index contributed by atoms with van der Waals surface area (Å²) in [5, 5.41) is 8.63. The van der Waals surface area contributed by atoms with Crippen molar-refractivity contribution >= 4 is 7.82 Å². The van der Waals surface area contributed by atoms with Crippen LogP contribution in [0.1, 0.15) is 32.4 Å². The maximum atomic E-state index is 12.8. The van der Waals surface area contributed by atoms with Gasteiger partial charge in [0.05, 0.1) is 38.4 Å². The molecule has 0 spiro atoms. The van der Waals surface area contributed by atoms with E-state index in [0.29, 0.717) is 19.4 Å². The van der Waals surface area contributed by atoms with Crippen LogP contribution >= 0.6 is 7.82 Å². The minimum absolute atomic E-state index is 0.0446. The topological polar surface area (TPSA) is 142 Å². The van der Waals surface area contributed by atoms with Crippen molar-refractivity contribution < 1.29 is 27.6 Å². The second-order valence-electron chi connectivity index (χ2n) is 6.54. The van der Waals surface area contributed by atoms with E-state index in [1.807, 2.05) is 13.0 Å². The van der Waals surface area contributed by atoms with Crippen LogP contribution in [0, 0.1) is 17.2 Å². The van der Waals surface area contributed by atoms with Crippen LogP contribution in [0.15, 0.2) is 21.9 Å². The number of rotatable bonds is 12. The Kier molecular flexibility index (Phi) is 9.23. The first-order chi connectivity index (χ1) is 13.9. The minimum Gasteiger partial charge on any atom is -0.385 e. The molecule has 0 aliphatic carbocycles. The van der Waals surface area contributed by atoms with E-state index in [4.69, 9.17) is 28.3 Å². The Hall–Kier alpha value is -1.80. The van der Waals surface area contributed by atoms with E-state index in [1.165, 1.54) is 16.8 Å². The van der Waals surface area contributed by atoms with Gasteiger partial charge in [0, 0.05) is 31.9 Å². The van der Waals surface area contributed by atoms with Gasteiger partial charge in [0.2, 0.25) is 0 Å². The quantitative estimate of drug-likeness (QED) is 0.385. The molecule has 162 valence electrons. The molecular formula is C17H26N3O8P. The van der Waals surface area contributed by atoms with Crippen molar-refractivity contribution in [2.75, 3.05) is 33.5 Å². The van der Waals surface area contributed by atoms with Crippen molar-refractivity contribution in [3.63, 3.8) is 0 Å². The lowest BCUT2D eigenvalue weighted by molar-refractivity contribution is -0.0362.